The van der Waals surface area contributed by atoms with Crippen molar-refractivity contribution in [3.63, 3.8) is 0 Å². The number of halogens is 1. The average molecular weight is 214 g/mol. The van der Waals surface area contributed by atoms with Crippen LogP contribution in [0.5, 0.6) is 0 Å². The maximum absolute atomic E-state index is 11.1. The van der Waals surface area contributed by atoms with E-state index in [1.807, 2.05) is 0 Å². The van der Waals surface area contributed by atoms with Crippen LogP contribution in [0.15, 0.2) is 12.1 Å². The van der Waals surface area contributed by atoms with Crippen LogP contribution in [0.1, 0.15) is 27.9 Å². The first-order chi connectivity index (χ1) is 6.56. The van der Waals surface area contributed by atoms with E-state index in [0.717, 1.165) is 0 Å². The predicted molar refractivity (Wildman–Crippen MR) is 50.6 cm³/mol. The third-order valence-corrected chi connectivity index (χ3v) is 1.88. The number of pyridine rings is 1. The number of ether oxygens (including phenoxy) is 1. The van der Waals surface area contributed by atoms with Crippen LogP contribution in [0.2, 0.25) is 5.02 Å². The SMILES string of the molecule is COC(=O)c1ccc(Cl)c(C(C)=O)n1. The molecule has 0 aliphatic heterocycles. The molecular formula is C9H8ClNO3. The number of hydrogen-bond acceptors (Lipinski definition) is 4. The Balaban J connectivity index is 3.19. The number of Topliss-reactive ketones (excluding diaryl/α,β-unsaturated/α-hetero) is 1. The second kappa shape index (κ2) is 4.19. The van der Waals surface area contributed by atoms with Crippen molar-refractivity contribution in [1.82, 2.24) is 4.98 Å². The van der Waals surface area contributed by atoms with E-state index < -0.39 is 5.97 Å². The largest absolute Gasteiger partial charge is 0.464 e. The molecule has 0 spiro atoms. The van der Waals surface area contributed by atoms with Crippen molar-refractivity contribution in [2.45, 2.75) is 6.92 Å². The number of aromatic nitrogens is 1. The highest BCUT2D eigenvalue weighted by Gasteiger charge is 2.13. The number of nitrogens with zero attached hydrogens (tertiary/aromatic N) is 1. The van der Waals surface area contributed by atoms with Gasteiger partial charge in [-0.15, -0.1) is 0 Å². The Bertz CT molecular complexity index is 390. The summed E-state index contributed by atoms with van der Waals surface area (Å²) in [4.78, 5) is 25.9. The molecule has 0 saturated carbocycles. The molecule has 1 aromatic heterocycles. The van der Waals surface area contributed by atoms with Gasteiger partial charge in [0.15, 0.2) is 5.78 Å². The number of ketones is 1. The first-order valence-electron chi connectivity index (χ1n) is 3.82. The summed E-state index contributed by atoms with van der Waals surface area (Å²) in [6.07, 6.45) is 0. The van der Waals surface area contributed by atoms with Crippen LogP contribution in [-0.2, 0) is 4.74 Å². The Kier molecular flexibility index (Phi) is 3.19. The van der Waals surface area contributed by atoms with Gasteiger partial charge in [-0.1, -0.05) is 11.6 Å². The normalized spacial score (nSPS) is 9.64. The molecule has 0 atom stereocenters. The van der Waals surface area contributed by atoms with Gasteiger partial charge in [0, 0.05) is 6.92 Å². The fourth-order valence-corrected chi connectivity index (χ4v) is 1.15. The summed E-state index contributed by atoms with van der Waals surface area (Å²) in [7, 11) is 1.24. The molecule has 0 aliphatic rings. The van der Waals surface area contributed by atoms with Crippen molar-refractivity contribution in [2.75, 3.05) is 7.11 Å². The zero-order chi connectivity index (χ0) is 10.7. The molecule has 0 radical (unpaired) electrons. The first-order valence-corrected chi connectivity index (χ1v) is 4.20. The van der Waals surface area contributed by atoms with Crippen LogP contribution in [-0.4, -0.2) is 23.8 Å². The minimum atomic E-state index is -0.593. The molecule has 0 fully saturated rings. The van der Waals surface area contributed by atoms with Crippen LogP contribution < -0.4 is 0 Å². The van der Waals surface area contributed by atoms with Gasteiger partial charge in [-0.05, 0) is 12.1 Å². The van der Waals surface area contributed by atoms with Crippen molar-refractivity contribution >= 4 is 23.4 Å². The van der Waals surface area contributed by atoms with Crippen LogP contribution in [0.25, 0.3) is 0 Å². The lowest BCUT2D eigenvalue weighted by Crippen LogP contribution is -2.08. The van der Waals surface area contributed by atoms with E-state index in [9.17, 15) is 9.59 Å². The maximum atomic E-state index is 11.1. The first kappa shape index (κ1) is 10.7. The van der Waals surface area contributed by atoms with Crippen molar-refractivity contribution in [3.05, 3.63) is 28.5 Å². The Morgan fingerprint density at radius 2 is 2.07 bits per heavy atom. The van der Waals surface area contributed by atoms with Gasteiger partial charge in [-0.3, -0.25) is 4.79 Å². The third-order valence-electron chi connectivity index (χ3n) is 1.57. The second-order valence-electron chi connectivity index (χ2n) is 2.57. The number of esters is 1. The minimum Gasteiger partial charge on any atom is -0.464 e. The van der Waals surface area contributed by atoms with Crippen molar-refractivity contribution in [3.8, 4) is 0 Å². The van der Waals surface area contributed by atoms with Crippen LogP contribution in [0.3, 0.4) is 0 Å². The lowest BCUT2D eigenvalue weighted by atomic mass is 10.2. The van der Waals surface area contributed by atoms with Gasteiger partial charge >= 0.3 is 5.97 Å². The van der Waals surface area contributed by atoms with Crippen molar-refractivity contribution in [1.29, 1.82) is 0 Å². The van der Waals surface area contributed by atoms with Gasteiger partial charge in [0.1, 0.15) is 11.4 Å². The van der Waals surface area contributed by atoms with Gasteiger partial charge in [0.25, 0.3) is 0 Å². The standard InChI is InChI=1S/C9H8ClNO3/c1-5(12)8-6(10)3-4-7(11-8)9(13)14-2/h3-4H,1-2H3. The summed E-state index contributed by atoms with van der Waals surface area (Å²) in [5, 5.41) is 0.227. The summed E-state index contributed by atoms with van der Waals surface area (Å²) in [5.74, 6) is -0.884. The molecule has 0 bridgehead atoms. The highest BCUT2D eigenvalue weighted by Crippen LogP contribution is 2.14. The molecule has 0 aliphatic carbocycles. The number of carbonyl (C=O) groups is 2. The highest BCUT2D eigenvalue weighted by molar-refractivity contribution is 6.33. The van der Waals surface area contributed by atoms with Crippen LogP contribution in [0.4, 0.5) is 0 Å². The Morgan fingerprint density at radius 3 is 2.57 bits per heavy atom. The number of rotatable bonds is 2. The monoisotopic (exact) mass is 213 g/mol. The number of methoxy groups -OCH3 is 1. The summed E-state index contributed by atoms with van der Waals surface area (Å²) in [6.45, 7) is 1.33. The van der Waals surface area contributed by atoms with Gasteiger partial charge < -0.3 is 4.74 Å². The molecule has 0 aromatic carbocycles. The van der Waals surface area contributed by atoms with Crippen molar-refractivity contribution in [2.24, 2.45) is 0 Å². The van der Waals surface area contributed by atoms with E-state index in [0.29, 0.717) is 0 Å². The summed E-state index contributed by atoms with van der Waals surface area (Å²) < 4.78 is 4.46. The Labute approximate surface area is 85.9 Å². The molecule has 0 saturated heterocycles. The van der Waals surface area contributed by atoms with Gasteiger partial charge in [0.05, 0.1) is 12.1 Å². The van der Waals surface area contributed by atoms with E-state index in [2.05, 4.69) is 9.72 Å². The summed E-state index contributed by atoms with van der Waals surface area (Å²) in [5.41, 5.74) is 0.150. The van der Waals surface area contributed by atoms with E-state index in [4.69, 9.17) is 11.6 Å². The highest BCUT2D eigenvalue weighted by atomic mass is 35.5. The quantitative estimate of drug-likeness (QED) is 0.555. The second-order valence-corrected chi connectivity index (χ2v) is 2.98. The van der Waals surface area contributed by atoms with Gasteiger partial charge in [-0.25, -0.2) is 9.78 Å². The molecule has 0 unspecified atom stereocenters. The molecule has 74 valence electrons. The topological polar surface area (TPSA) is 56.3 Å². The molecule has 1 rings (SSSR count). The maximum Gasteiger partial charge on any atom is 0.356 e. The minimum absolute atomic E-state index is 0.0714. The number of hydrogen-bond donors (Lipinski definition) is 0. The van der Waals surface area contributed by atoms with E-state index in [1.165, 1.54) is 26.2 Å². The molecule has 14 heavy (non-hydrogen) atoms. The molecule has 0 amide bonds. The lowest BCUT2D eigenvalue weighted by molar-refractivity contribution is 0.0594. The predicted octanol–water partition coefficient (Wildman–Crippen LogP) is 1.72. The third kappa shape index (κ3) is 2.09. The fourth-order valence-electron chi connectivity index (χ4n) is 0.907. The zero-order valence-corrected chi connectivity index (χ0v) is 8.46. The van der Waals surface area contributed by atoms with Gasteiger partial charge in [-0.2, -0.15) is 0 Å². The number of carbonyl (C=O) groups excluding carboxylic acids is 2. The van der Waals surface area contributed by atoms with E-state index in [-0.39, 0.29) is 22.2 Å². The molecule has 1 aromatic rings. The Hall–Kier alpha value is -1.42. The summed E-state index contributed by atoms with van der Waals surface area (Å²) >= 11 is 5.70. The van der Waals surface area contributed by atoms with E-state index in [1.54, 1.807) is 0 Å². The molecule has 0 N–H and O–H groups in total. The average Bonchev–Trinajstić information content (AvgIpc) is 2.17. The summed E-state index contributed by atoms with van der Waals surface area (Å²) in [6, 6.07) is 2.85. The zero-order valence-electron chi connectivity index (χ0n) is 7.70. The van der Waals surface area contributed by atoms with E-state index >= 15 is 0 Å². The van der Waals surface area contributed by atoms with Gasteiger partial charge in [0.2, 0.25) is 0 Å². The van der Waals surface area contributed by atoms with Crippen molar-refractivity contribution < 1.29 is 14.3 Å². The van der Waals surface area contributed by atoms with Crippen LogP contribution >= 0.6 is 11.6 Å². The molecular weight excluding hydrogens is 206 g/mol. The fraction of sp³-hybridized carbons (Fsp3) is 0.222. The molecule has 5 heteroatoms. The van der Waals surface area contributed by atoms with Crippen LogP contribution in [0, 0.1) is 0 Å². The Morgan fingerprint density at radius 1 is 1.43 bits per heavy atom. The smallest absolute Gasteiger partial charge is 0.356 e. The lowest BCUT2D eigenvalue weighted by Gasteiger charge is -2.01. The molecule has 1 heterocycles. The molecule has 4 nitrogen and oxygen atoms in total.